The lowest BCUT2D eigenvalue weighted by atomic mass is 10.2. The van der Waals surface area contributed by atoms with Gasteiger partial charge in [-0.2, -0.15) is 0 Å². The van der Waals surface area contributed by atoms with Gasteiger partial charge in [-0.25, -0.2) is 0 Å². The molecule has 0 atom stereocenters. The fraction of sp³-hybridized carbons (Fsp3) is 0. The molecule has 0 radical (unpaired) electrons. The van der Waals surface area contributed by atoms with Crippen LogP contribution in [0, 0.1) is 0 Å². The Morgan fingerprint density at radius 2 is 0.833 bits per heavy atom. The van der Waals surface area contributed by atoms with Crippen molar-refractivity contribution < 1.29 is 0 Å². The number of hydrogen-bond donors (Lipinski definition) is 0. The van der Waals surface area contributed by atoms with Gasteiger partial charge >= 0.3 is 0 Å². The van der Waals surface area contributed by atoms with Crippen LogP contribution in [-0.4, -0.2) is 0 Å². The maximum Gasteiger partial charge on any atom is -0.0257 e. The van der Waals surface area contributed by atoms with Crippen molar-refractivity contribution in [2.24, 2.45) is 0 Å². The zero-order valence-corrected chi connectivity index (χ0v) is 10.2. The van der Waals surface area contributed by atoms with Crippen LogP contribution in [0.5, 0.6) is 0 Å². The Kier molecular flexibility index (Phi) is 4.77. The first-order valence-electron chi connectivity index (χ1n) is 6.07. The van der Waals surface area contributed by atoms with E-state index in [0.717, 1.165) is 0 Å². The normalized spacial score (nSPS) is 11.8. The summed E-state index contributed by atoms with van der Waals surface area (Å²) in [5.41, 5.74) is 2.43. The second kappa shape index (κ2) is 7.08. The lowest BCUT2D eigenvalue weighted by Gasteiger charge is -1.89. The summed E-state index contributed by atoms with van der Waals surface area (Å²) in [7, 11) is 0. The van der Waals surface area contributed by atoms with Crippen LogP contribution in [0.2, 0.25) is 0 Å². The Labute approximate surface area is 109 Å². The molecule has 0 heterocycles. The molecule has 0 spiro atoms. The minimum absolute atomic E-state index is 1.22. The Morgan fingerprint density at radius 3 is 1.22 bits per heavy atom. The van der Waals surface area contributed by atoms with E-state index in [1.165, 1.54) is 11.1 Å². The summed E-state index contributed by atoms with van der Waals surface area (Å²) < 4.78 is 0. The molecule has 0 bridgehead atoms. The van der Waals surface area contributed by atoms with E-state index in [-0.39, 0.29) is 0 Å². The molecule has 18 heavy (non-hydrogen) atoms. The summed E-state index contributed by atoms with van der Waals surface area (Å²) in [6, 6.07) is 20.6. The Bertz CT molecular complexity index is 479. The molecular weight excluding hydrogens is 216 g/mol. The molecule has 0 unspecified atom stereocenters. The van der Waals surface area contributed by atoms with E-state index in [1.807, 2.05) is 60.7 Å². The first kappa shape index (κ1) is 12.1. The van der Waals surface area contributed by atoms with E-state index in [9.17, 15) is 0 Å². The van der Waals surface area contributed by atoms with E-state index < -0.39 is 0 Å². The zero-order valence-electron chi connectivity index (χ0n) is 10.2. The molecule has 0 saturated carbocycles. The molecule has 0 aliphatic heterocycles. The minimum atomic E-state index is 1.22. The average Bonchev–Trinajstić information content (AvgIpc) is 2.45. The lowest BCUT2D eigenvalue weighted by Crippen LogP contribution is -1.67. The summed E-state index contributed by atoms with van der Waals surface area (Å²) in [5.74, 6) is 0. The number of rotatable bonds is 4. The second-order valence-electron chi connectivity index (χ2n) is 3.92. The monoisotopic (exact) mass is 232 g/mol. The molecule has 88 valence electrons. The van der Waals surface area contributed by atoms with Crippen molar-refractivity contribution in [3.8, 4) is 0 Å². The summed E-state index contributed by atoms with van der Waals surface area (Å²) >= 11 is 0. The SMILES string of the molecule is C(=Cc1ccccc1)/C=C/C=C/c1ccccc1. The lowest BCUT2D eigenvalue weighted by molar-refractivity contribution is 1.66. The molecule has 2 aromatic carbocycles. The van der Waals surface area contributed by atoms with E-state index in [4.69, 9.17) is 0 Å². The van der Waals surface area contributed by atoms with Crippen LogP contribution < -0.4 is 0 Å². The Hall–Kier alpha value is -2.34. The van der Waals surface area contributed by atoms with Crippen LogP contribution in [0.4, 0.5) is 0 Å². The van der Waals surface area contributed by atoms with E-state index in [0.29, 0.717) is 0 Å². The van der Waals surface area contributed by atoms with Gasteiger partial charge in [0.2, 0.25) is 0 Å². The standard InChI is InChI=1S/C18H16/c1(5-11-17-13-7-3-8-14-17)2-6-12-18-15-9-4-10-16-18/h1-16H/b2-1+,11-5+,12-6?. The van der Waals surface area contributed by atoms with Gasteiger partial charge in [0, 0.05) is 0 Å². The number of hydrogen-bond acceptors (Lipinski definition) is 0. The summed E-state index contributed by atoms with van der Waals surface area (Å²) in [6.45, 7) is 0. The van der Waals surface area contributed by atoms with Crippen molar-refractivity contribution >= 4 is 12.2 Å². The smallest absolute Gasteiger partial charge is 0.0257 e. The van der Waals surface area contributed by atoms with Crippen LogP contribution in [0.3, 0.4) is 0 Å². The number of benzene rings is 2. The highest BCUT2D eigenvalue weighted by atomic mass is 13.9. The van der Waals surface area contributed by atoms with E-state index in [1.54, 1.807) is 0 Å². The van der Waals surface area contributed by atoms with Crippen LogP contribution in [0.15, 0.2) is 85.0 Å². The highest BCUT2D eigenvalue weighted by Gasteiger charge is 1.80. The molecule has 0 heteroatoms. The predicted molar refractivity (Wildman–Crippen MR) is 80.1 cm³/mol. The Balaban J connectivity index is 1.86. The summed E-state index contributed by atoms with van der Waals surface area (Å²) in [5, 5.41) is 0. The largest absolute Gasteiger partial charge is 0.0622 e. The third-order valence-corrected chi connectivity index (χ3v) is 2.51. The Morgan fingerprint density at radius 1 is 0.444 bits per heavy atom. The maximum atomic E-state index is 2.09. The van der Waals surface area contributed by atoms with Crippen LogP contribution >= 0.6 is 0 Å². The quantitative estimate of drug-likeness (QED) is 0.653. The third kappa shape index (κ3) is 4.26. The van der Waals surface area contributed by atoms with Crippen molar-refractivity contribution in [1.82, 2.24) is 0 Å². The maximum absolute atomic E-state index is 2.09. The topological polar surface area (TPSA) is 0 Å². The minimum Gasteiger partial charge on any atom is -0.0622 e. The van der Waals surface area contributed by atoms with Gasteiger partial charge in [0.15, 0.2) is 0 Å². The first-order chi connectivity index (χ1) is 8.95. The van der Waals surface area contributed by atoms with Crippen LogP contribution in [0.1, 0.15) is 11.1 Å². The van der Waals surface area contributed by atoms with Crippen LogP contribution in [0.25, 0.3) is 12.2 Å². The zero-order chi connectivity index (χ0) is 12.5. The van der Waals surface area contributed by atoms with Gasteiger partial charge in [-0.15, -0.1) is 0 Å². The van der Waals surface area contributed by atoms with Crippen molar-refractivity contribution in [2.45, 2.75) is 0 Å². The van der Waals surface area contributed by atoms with Gasteiger partial charge in [0.25, 0.3) is 0 Å². The molecular formula is C18H16. The molecule has 0 amide bonds. The van der Waals surface area contributed by atoms with Gasteiger partial charge in [0.1, 0.15) is 0 Å². The fourth-order valence-corrected chi connectivity index (χ4v) is 1.59. The fourth-order valence-electron chi connectivity index (χ4n) is 1.59. The van der Waals surface area contributed by atoms with E-state index >= 15 is 0 Å². The van der Waals surface area contributed by atoms with Gasteiger partial charge in [-0.1, -0.05) is 97.1 Å². The van der Waals surface area contributed by atoms with Crippen molar-refractivity contribution in [3.63, 3.8) is 0 Å². The molecule has 0 aliphatic rings. The first-order valence-corrected chi connectivity index (χ1v) is 6.07. The highest BCUT2D eigenvalue weighted by Crippen LogP contribution is 2.02. The molecule has 0 aromatic heterocycles. The van der Waals surface area contributed by atoms with E-state index in [2.05, 4.69) is 36.4 Å². The molecule has 0 nitrogen and oxygen atoms in total. The van der Waals surface area contributed by atoms with Crippen molar-refractivity contribution in [3.05, 3.63) is 96.1 Å². The average molecular weight is 232 g/mol. The molecule has 2 rings (SSSR count). The third-order valence-electron chi connectivity index (χ3n) is 2.51. The van der Waals surface area contributed by atoms with Gasteiger partial charge in [-0.3, -0.25) is 0 Å². The van der Waals surface area contributed by atoms with Crippen LogP contribution in [-0.2, 0) is 0 Å². The van der Waals surface area contributed by atoms with Crippen molar-refractivity contribution in [2.75, 3.05) is 0 Å². The molecule has 0 aliphatic carbocycles. The second-order valence-corrected chi connectivity index (χ2v) is 3.92. The van der Waals surface area contributed by atoms with Gasteiger partial charge in [0.05, 0.1) is 0 Å². The predicted octanol–water partition coefficient (Wildman–Crippen LogP) is 4.97. The summed E-state index contributed by atoms with van der Waals surface area (Å²) in [4.78, 5) is 0. The molecule has 0 fully saturated rings. The highest BCUT2D eigenvalue weighted by molar-refractivity contribution is 5.53. The van der Waals surface area contributed by atoms with Crippen molar-refractivity contribution in [1.29, 1.82) is 0 Å². The molecule has 0 saturated heterocycles. The number of allylic oxidation sites excluding steroid dienone is 4. The molecule has 0 N–H and O–H groups in total. The molecule has 2 aromatic rings. The van der Waals surface area contributed by atoms with Gasteiger partial charge < -0.3 is 0 Å². The van der Waals surface area contributed by atoms with Gasteiger partial charge in [-0.05, 0) is 11.1 Å². The summed E-state index contributed by atoms with van der Waals surface area (Å²) in [6.07, 6.45) is 12.3.